The second-order valence-electron chi connectivity index (χ2n) is 1.28. The minimum atomic E-state index is 1.12. The number of rotatable bonds is 0. The molecule has 1 heterocycles. The lowest BCUT2D eigenvalue weighted by Crippen LogP contribution is -2.03. The van der Waals surface area contributed by atoms with Crippen LogP contribution in [0.25, 0.3) is 0 Å². The Bertz CT molecular complexity index is 27.5. The highest BCUT2D eigenvalue weighted by Crippen LogP contribution is 1.88. The largest absolute Gasteiger partial charge is 0.316 e. The maximum absolute atomic E-state index is 7.75. The molecule has 0 aromatic rings. The molecule has 1 N–H and O–H groups in total. The lowest BCUT2D eigenvalue weighted by atomic mass is 10.4. The van der Waals surface area contributed by atoms with Gasteiger partial charge in [-0.2, -0.15) is 0 Å². The van der Waals surface area contributed by atoms with Crippen LogP contribution in [0.4, 0.5) is 0 Å². The fourth-order valence-corrected chi connectivity index (χ4v) is 0.510. The van der Waals surface area contributed by atoms with Crippen LogP contribution in [0, 0.1) is 6.42 Å². The zero-order valence-electron chi connectivity index (χ0n) is 4.18. The Labute approximate surface area is 43.9 Å². The van der Waals surface area contributed by atoms with Crippen LogP contribution >= 0.6 is 0 Å². The van der Waals surface area contributed by atoms with E-state index >= 15 is 0 Å². The molecule has 1 saturated heterocycles. The van der Waals surface area contributed by atoms with Crippen LogP contribution in [0.1, 0.15) is 6.42 Å². The van der Waals surface area contributed by atoms with Crippen molar-refractivity contribution in [2.75, 3.05) is 13.1 Å². The molecular weight excluding hydrogens is 90.1 g/mol. The molecule has 0 saturated carbocycles. The molecule has 2 heteroatoms. The number of hydrogen-bond donors (Lipinski definition) is 1. The van der Waals surface area contributed by atoms with Gasteiger partial charge in [0.25, 0.3) is 0 Å². The molecule has 0 aliphatic carbocycles. The number of carbonyl (C=O) groups excluding carboxylic acids is 1. The molecule has 1 rings (SSSR count). The van der Waals surface area contributed by atoms with Gasteiger partial charge in [-0.05, 0) is 25.9 Å². The van der Waals surface area contributed by atoms with Crippen LogP contribution in [0.2, 0.25) is 0 Å². The van der Waals surface area contributed by atoms with Crippen molar-refractivity contribution < 1.29 is 4.79 Å². The molecule has 0 unspecified atom stereocenters. The third kappa shape index (κ3) is 3.46. The Kier molecular flexibility index (Phi) is 5.33. The Morgan fingerprint density at radius 2 is 2.29 bits per heavy atom. The van der Waals surface area contributed by atoms with Crippen LogP contribution in [0.5, 0.6) is 0 Å². The summed E-state index contributed by atoms with van der Waals surface area (Å²) in [5.41, 5.74) is 0. The fourth-order valence-electron chi connectivity index (χ4n) is 0.510. The van der Waals surface area contributed by atoms with Gasteiger partial charge in [0, 0.05) is 0 Å². The summed E-state index contributed by atoms with van der Waals surface area (Å²) in [6.07, 6.45) is 3.51. The molecule has 2 nitrogen and oxygen atoms in total. The smallest absolute Gasteiger partial charge is 0.182 e. The van der Waals surface area contributed by atoms with Crippen molar-refractivity contribution in [1.29, 1.82) is 0 Å². The van der Waals surface area contributed by atoms with E-state index in [4.69, 9.17) is 4.79 Å². The molecule has 0 spiro atoms. The van der Waals surface area contributed by atoms with Gasteiger partial charge in [0.05, 0.1) is 0 Å². The van der Waals surface area contributed by atoms with Crippen LogP contribution in [-0.4, -0.2) is 19.9 Å². The van der Waals surface area contributed by atoms with Crippen molar-refractivity contribution in [3.63, 3.8) is 0 Å². The quantitative estimate of drug-likeness (QED) is 0.430. The molecule has 1 fully saturated rings. The summed E-state index contributed by atoms with van der Waals surface area (Å²) < 4.78 is 0. The summed E-state index contributed by atoms with van der Waals surface area (Å²) in [5, 5.41) is 3.17. The summed E-state index contributed by atoms with van der Waals surface area (Å²) >= 11 is 0. The Balaban J connectivity index is 0.000000162. The first-order valence-electron chi connectivity index (χ1n) is 2.26. The van der Waals surface area contributed by atoms with Crippen molar-refractivity contribution in [2.24, 2.45) is 0 Å². The van der Waals surface area contributed by atoms with Crippen molar-refractivity contribution in [2.45, 2.75) is 6.42 Å². The fraction of sp³-hybridized carbons (Fsp3) is 0.600. The predicted molar refractivity (Wildman–Crippen MR) is 28.5 cm³/mol. The van der Waals surface area contributed by atoms with E-state index in [2.05, 4.69) is 18.5 Å². The molecule has 7 heavy (non-hydrogen) atoms. The van der Waals surface area contributed by atoms with Gasteiger partial charge in [-0.15, -0.1) is 0 Å². The van der Waals surface area contributed by atoms with Crippen LogP contribution < -0.4 is 5.32 Å². The highest BCUT2D eigenvalue weighted by atomic mass is 16.1. The maximum Gasteiger partial charge on any atom is 0.182 e. The first-order valence-corrected chi connectivity index (χ1v) is 2.26. The predicted octanol–water partition coefficient (Wildman–Crippen LogP) is -0.0901. The van der Waals surface area contributed by atoms with Gasteiger partial charge in [-0.25, -0.2) is 0 Å². The van der Waals surface area contributed by atoms with Gasteiger partial charge in [0.1, 0.15) is 0 Å². The van der Waals surface area contributed by atoms with Crippen LogP contribution in [-0.2, 0) is 4.79 Å². The SMILES string of the molecule is [CH]1CCNC1.[CH]=O. The normalized spacial score (nSPS) is 17.7. The number of hydrogen-bond acceptors (Lipinski definition) is 2. The third-order valence-electron chi connectivity index (χ3n) is 0.814. The molecule has 1 aliphatic heterocycles. The molecule has 40 valence electrons. The molecule has 1 aliphatic rings. The topological polar surface area (TPSA) is 29.1 Å². The van der Waals surface area contributed by atoms with Gasteiger partial charge in [0.15, 0.2) is 6.79 Å². The summed E-state index contributed by atoms with van der Waals surface area (Å²) in [5.74, 6) is 0. The molecule has 0 aromatic carbocycles. The summed E-state index contributed by atoms with van der Waals surface area (Å²) in [6, 6.07) is 0. The summed E-state index contributed by atoms with van der Waals surface area (Å²) in [4.78, 5) is 7.75. The Morgan fingerprint density at radius 1 is 1.57 bits per heavy atom. The van der Waals surface area contributed by atoms with E-state index in [1.54, 1.807) is 0 Å². The molecule has 0 atom stereocenters. The minimum absolute atomic E-state index is 1.12. The van der Waals surface area contributed by atoms with E-state index in [9.17, 15) is 0 Å². The second-order valence-corrected chi connectivity index (χ2v) is 1.28. The summed E-state index contributed by atoms with van der Waals surface area (Å²) in [7, 11) is 0. The zero-order valence-corrected chi connectivity index (χ0v) is 4.18. The van der Waals surface area contributed by atoms with Crippen molar-refractivity contribution in [3.8, 4) is 0 Å². The standard InChI is InChI=1S/C4H8N.CHO/c1-2-4-5-3-1;1-2/h1,5H,2-4H2;1H. The van der Waals surface area contributed by atoms with Gasteiger partial charge in [0.2, 0.25) is 0 Å². The monoisotopic (exact) mass is 99.1 g/mol. The van der Waals surface area contributed by atoms with Crippen molar-refractivity contribution in [3.05, 3.63) is 6.42 Å². The van der Waals surface area contributed by atoms with Gasteiger partial charge < -0.3 is 5.32 Å². The molecule has 2 radical (unpaired) electrons. The zero-order chi connectivity index (χ0) is 5.54. The van der Waals surface area contributed by atoms with E-state index in [0.717, 1.165) is 6.54 Å². The lowest BCUT2D eigenvalue weighted by Gasteiger charge is -1.76. The molecule has 0 aromatic heterocycles. The van der Waals surface area contributed by atoms with E-state index in [0.29, 0.717) is 0 Å². The Morgan fingerprint density at radius 3 is 2.43 bits per heavy atom. The molecule has 0 amide bonds. The van der Waals surface area contributed by atoms with E-state index in [-0.39, 0.29) is 0 Å². The molecular formula is C5H9NO. The van der Waals surface area contributed by atoms with E-state index in [1.165, 1.54) is 13.0 Å². The van der Waals surface area contributed by atoms with Gasteiger partial charge in [-0.1, -0.05) is 0 Å². The first kappa shape index (κ1) is 6.63. The average Bonchev–Trinajstić information content (AvgIpc) is 2.23. The van der Waals surface area contributed by atoms with Gasteiger partial charge in [-0.3, -0.25) is 4.79 Å². The summed E-state index contributed by atoms with van der Waals surface area (Å²) in [6.45, 7) is 5.57. The average molecular weight is 99.1 g/mol. The minimum Gasteiger partial charge on any atom is -0.316 e. The van der Waals surface area contributed by atoms with Crippen LogP contribution in [0.3, 0.4) is 0 Å². The second kappa shape index (κ2) is 5.63. The first-order chi connectivity index (χ1) is 3.50. The van der Waals surface area contributed by atoms with E-state index < -0.39 is 0 Å². The number of nitrogens with one attached hydrogen (secondary N) is 1. The third-order valence-corrected chi connectivity index (χ3v) is 0.814. The van der Waals surface area contributed by atoms with Crippen LogP contribution in [0.15, 0.2) is 0 Å². The Hall–Kier alpha value is -0.370. The molecule has 0 bridgehead atoms. The van der Waals surface area contributed by atoms with E-state index in [1.807, 2.05) is 0 Å². The van der Waals surface area contributed by atoms with Gasteiger partial charge >= 0.3 is 0 Å². The van der Waals surface area contributed by atoms with Crippen molar-refractivity contribution in [1.82, 2.24) is 5.32 Å². The highest BCUT2D eigenvalue weighted by molar-refractivity contribution is 5.12. The lowest BCUT2D eigenvalue weighted by molar-refractivity contribution is 0.574. The highest BCUT2D eigenvalue weighted by Gasteiger charge is 1.93. The maximum atomic E-state index is 7.75. The van der Waals surface area contributed by atoms with Crippen molar-refractivity contribution >= 4 is 6.79 Å².